The second-order valence-electron chi connectivity index (χ2n) is 5.45. The molecule has 0 amide bonds. The van der Waals surface area contributed by atoms with Crippen molar-refractivity contribution in [3.05, 3.63) is 42.5 Å². The zero-order valence-electron chi connectivity index (χ0n) is 10.5. The van der Waals surface area contributed by atoms with Crippen LogP contribution in [0.1, 0.15) is 32.1 Å². The Morgan fingerprint density at radius 1 is 1.28 bits per heavy atom. The summed E-state index contributed by atoms with van der Waals surface area (Å²) in [5.41, 5.74) is 1.26. The Morgan fingerprint density at radius 2 is 2.06 bits per heavy atom. The maximum Gasteiger partial charge on any atom is 0.149 e. The summed E-state index contributed by atoms with van der Waals surface area (Å²) in [6, 6.07) is 10.3. The van der Waals surface area contributed by atoms with Crippen molar-refractivity contribution in [2.24, 2.45) is 5.92 Å². The monoisotopic (exact) mass is 258 g/mol. The predicted octanol–water partition coefficient (Wildman–Crippen LogP) is 4.24. The summed E-state index contributed by atoms with van der Waals surface area (Å²) >= 11 is 1.78. The van der Waals surface area contributed by atoms with E-state index in [-0.39, 0.29) is 4.75 Å². The van der Waals surface area contributed by atoms with E-state index < -0.39 is 0 Å². The summed E-state index contributed by atoms with van der Waals surface area (Å²) in [6.07, 6.45) is 4.93. The van der Waals surface area contributed by atoms with E-state index in [9.17, 15) is 4.79 Å². The lowest BCUT2D eigenvalue weighted by Crippen LogP contribution is -2.41. The number of benzene rings is 1. The molecule has 2 heteroatoms. The van der Waals surface area contributed by atoms with Crippen molar-refractivity contribution in [2.75, 3.05) is 0 Å². The molecule has 2 aliphatic rings. The Bertz CT molecular complexity index is 479. The van der Waals surface area contributed by atoms with Gasteiger partial charge in [0.05, 0.1) is 4.75 Å². The number of carbonyl (C=O) groups is 1. The number of carbonyl (C=O) groups excluding carboxylic acids is 1. The van der Waals surface area contributed by atoms with Crippen LogP contribution in [0.25, 0.3) is 0 Å². The van der Waals surface area contributed by atoms with E-state index in [1.54, 1.807) is 11.8 Å². The molecule has 0 spiro atoms. The minimum absolute atomic E-state index is 0.198. The average Bonchev–Trinajstić information content (AvgIpc) is 2.68. The van der Waals surface area contributed by atoms with Gasteiger partial charge in [-0.3, -0.25) is 4.79 Å². The van der Waals surface area contributed by atoms with E-state index in [0.717, 1.165) is 25.7 Å². The van der Waals surface area contributed by atoms with Gasteiger partial charge < -0.3 is 0 Å². The minimum Gasteiger partial charge on any atom is -0.298 e. The van der Waals surface area contributed by atoms with Gasteiger partial charge in [-0.25, -0.2) is 0 Å². The fourth-order valence-corrected chi connectivity index (χ4v) is 4.93. The van der Waals surface area contributed by atoms with E-state index in [2.05, 4.69) is 18.7 Å². The first kappa shape index (κ1) is 12.0. The van der Waals surface area contributed by atoms with Crippen molar-refractivity contribution in [3.63, 3.8) is 0 Å². The average molecular weight is 258 g/mol. The third-order valence-electron chi connectivity index (χ3n) is 4.18. The van der Waals surface area contributed by atoms with Crippen LogP contribution < -0.4 is 0 Å². The zero-order chi connectivity index (χ0) is 12.6. The molecule has 94 valence electrons. The fraction of sp³-hybridized carbons (Fsp3) is 0.438. The second kappa shape index (κ2) is 4.58. The lowest BCUT2D eigenvalue weighted by Gasteiger charge is -2.37. The molecule has 2 aliphatic carbocycles. The summed E-state index contributed by atoms with van der Waals surface area (Å²) in [6.45, 7) is 4.13. The summed E-state index contributed by atoms with van der Waals surface area (Å²) in [5, 5.41) is 0. The summed E-state index contributed by atoms with van der Waals surface area (Å²) in [7, 11) is 0. The molecule has 1 aromatic carbocycles. The first-order valence-corrected chi connectivity index (χ1v) is 7.46. The van der Waals surface area contributed by atoms with Gasteiger partial charge in [0.2, 0.25) is 0 Å². The number of ketones is 1. The maximum absolute atomic E-state index is 12.5. The Kier molecular flexibility index (Phi) is 3.06. The summed E-state index contributed by atoms with van der Waals surface area (Å²) < 4.78 is -0.198. The molecule has 0 heterocycles. The van der Waals surface area contributed by atoms with Gasteiger partial charge in [-0.05, 0) is 43.7 Å². The van der Waals surface area contributed by atoms with Crippen LogP contribution in [0.4, 0.5) is 0 Å². The van der Waals surface area contributed by atoms with Crippen LogP contribution in [0.15, 0.2) is 47.4 Å². The maximum atomic E-state index is 12.5. The highest BCUT2D eigenvalue weighted by atomic mass is 32.2. The van der Waals surface area contributed by atoms with Crippen molar-refractivity contribution in [1.29, 1.82) is 0 Å². The summed E-state index contributed by atoms with van der Waals surface area (Å²) in [4.78, 5) is 13.7. The van der Waals surface area contributed by atoms with Gasteiger partial charge in [0.15, 0.2) is 0 Å². The van der Waals surface area contributed by atoms with E-state index in [1.165, 1.54) is 16.9 Å². The van der Waals surface area contributed by atoms with Crippen LogP contribution in [0.2, 0.25) is 0 Å². The molecule has 2 atom stereocenters. The number of rotatable bonds is 2. The standard InChI is InChI=1S/C16H18OS/c1-12-10-13-6-5-9-15(17)16(13,11-12)18-14-7-3-2-4-8-14/h2-4,7-8,13H,1,5-6,9-11H2. The molecule has 0 radical (unpaired) electrons. The molecule has 0 aliphatic heterocycles. The normalized spacial score (nSPS) is 31.4. The number of hydrogen-bond donors (Lipinski definition) is 0. The molecule has 2 unspecified atom stereocenters. The van der Waals surface area contributed by atoms with Crippen molar-refractivity contribution < 1.29 is 4.79 Å². The van der Waals surface area contributed by atoms with Crippen LogP contribution in [0.5, 0.6) is 0 Å². The Hall–Kier alpha value is -1.02. The Labute approximate surface area is 113 Å². The van der Waals surface area contributed by atoms with Crippen molar-refractivity contribution >= 4 is 17.5 Å². The van der Waals surface area contributed by atoms with Crippen LogP contribution >= 0.6 is 11.8 Å². The fourth-order valence-electron chi connectivity index (χ4n) is 3.36. The second-order valence-corrected chi connectivity index (χ2v) is 6.85. The van der Waals surface area contributed by atoms with Gasteiger partial charge in [0, 0.05) is 11.3 Å². The zero-order valence-corrected chi connectivity index (χ0v) is 11.3. The van der Waals surface area contributed by atoms with E-state index in [0.29, 0.717) is 11.7 Å². The molecule has 0 bridgehead atoms. The first-order valence-electron chi connectivity index (χ1n) is 6.65. The van der Waals surface area contributed by atoms with Crippen molar-refractivity contribution in [2.45, 2.75) is 41.7 Å². The number of thioether (sulfide) groups is 1. The van der Waals surface area contributed by atoms with Gasteiger partial charge in [-0.15, -0.1) is 11.8 Å². The van der Waals surface area contributed by atoms with Crippen LogP contribution in [0, 0.1) is 5.92 Å². The third kappa shape index (κ3) is 1.93. The smallest absolute Gasteiger partial charge is 0.149 e. The van der Waals surface area contributed by atoms with Crippen LogP contribution in [-0.4, -0.2) is 10.5 Å². The summed E-state index contributed by atoms with van der Waals surface area (Å²) in [5.74, 6) is 0.961. The van der Waals surface area contributed by atoms with Gasteiger partial charge >= 0.3 is 0 Å². The Balaban J connectivity index is 1.94. The highest BCUT2D eigenvalue weighted by Crippen LogP contribution is 2.55. The van der Waals surface area contributed by atoms with E-state index in [1.807, 2.05) is 18.2 Å². The SMILES string of the molecule is C=C1CC2CCCC(=O)C2(Sc2ccccc2)C1. The highest BCUT2D eigenvalue weighted by Gasteiger charge is 2.52. The number of allylic oxidation sites excluding steroid dienone is 1. The predicted molar refractivity (Wildman–Crippen MR) is 75.8 cm³/mol. The van der Waals surface area contributed by atoms with Gasteiger partial charge in [0.1, 0.15) is 5.78 Å². The first-order chi connectivity index (χ1) is 8.71. The lowest BCUT2D eigenvalue weighted by atomic mass is 9.80. The molecule has 0 aromatic heterocycles. The minimum atomic E-state index is -0.198. The molecule has 2 saturated carbocycles. The largest absolute Gasteiger partial charge is 0.298 e. The number of Topliss-reactive ketones (excluding diaryl/α,β-unsaturated/α-hetero) is 1. The quantitative estimate of drug-likeness (QED) is 0.738. The van der Waals surface area contributed by atoms with Crippen molar-refractivity contribution in [1.82, 2.24) is 0 Å². The van der Waals surface area contributed by atoms with Crippen molar-refractivity contribution in [3.8, 4) is 0 Å². The topological polar surface area (TPSA) is 17.1 Å². The molecule has 1 aromatic rings. The van der Waals surface area contributed by atoms with E-state index in [4.69, 9.17) is 0 Å². The molecule has 18 heavy (non-hydrogen) atoms. The third-order valence-corrected chi connectivity index (χ3v) is 5.76. The number of hydrogen-bond acceptors (Lipinski definition) is 2. The molecule has 0 saturated heterocycles. The van der Waals surface area contributed by atoms with Gasteiger partial charge in [0.25, 0.3) is 0 Å². The molecule has 2 fully saturated rings. The lowest BCUT2D eigenvalue weighted by molar-refractivity contribution is -0.123. The molecule has 3 rings (SSSR count). The van der Waals surface area contributed by atoms with E-state index >= 15 is 0 Å². The molecule has 0 N–H and O–H groups in total. The van der Waals surface area contributed by atoms with Gasteiger partial charge in [-0.1, -0.05) is 30.4 Å². The van der Waals surface area contributed by atoms with Crippen LogP contribution in [-0.2, 0) is 4.79 Å². The molecular weight excluding hydrogens is 240 g/mol. The molecule has 1 nitrogen and oxygen atoms in total. The van der Waals surface area contributed by atoms with Crippen LogP contribution in [0.3, 0.4) is 0 Å². The Morgan fingerprint density at radius 3 is 2.83 bits per heavy atom. The van der Waals surface area contributed by atoms with Gasteiger partial charge in [-0.2, -0.15) is 0 Å². The number of fused-ring (bicyclic) bond motifs is 1. The molecular formula is C16H18OS. The highest BCUT2D eigenvalue weighted by molar-refractivity contribution is 8.01.